The number of benzene rings is 5. The number of ether oxygens (including phenoxy) is 6. The van der Waals surface area contributed by atoms with Crippen LogP contribution in [0, 0.1) is 6.10 Å². The molecule has 0 amide bonds. The van der Waals surface area contributed by atoms with E-state index in [9.17, 15) is 4.79 Å². The number of esters is 1. The molecule has 0 saturated carbocycles. The van der Waals surface area contributed by atoms with Gasteiger partial charge in [-0.05, 0) is 110 Å². The molecule has 0 unspecified atom stereocenters. The number of nitrogens with zero attached hydrogens (tertiary/aromatic N) is 1. The summed E-state index contributed by atoms with van der Waals surface area (Å²) < 4.78 is 41.5. The third kappa shape index (κ3) is 7.48. The Morgan fingerprint density at radius 1 is 0.778 bits per heavy atom. The van der Waals surface area contributed by atoms with Crippen LogP contribution in [-0.4, -0.2) is 46.1 Å². The highest BCUT2D eigenvalue weighted by Gasteiger charge is 2.40. The zero-order chi connectivity index (χ0) is 37.9. The summed E-state index contributed by atoms with van der Waals surface area (Å²) in [6.45, 7) is 8.66. The molecule has 10 heteroatoms. The van der Waals surface area contributed by atoms with Crippen molar-refractivity contribution in [2.75, 3.05) is 36.9 Å². The molecule has 5 aromatic rings. The van der Waals surface area contributed by atoms with Gasteiger partial charge in [0, 0.05) is 12.1 Å². The van der Waals surface area contributed by atoms with E-state index in [1.807, 2.05) is 70.2 Å². The first-order valence-electron chi connectivity index (χ1n) is 18.1. The van der Waals surface area contributed by atoms with E-state index < -0.39 is 5.97 Å². The third-order valence-corrected chi connectivity index (χ3v) is 10.2. The van der Waals surface area contributed by atoms with Crippen molar-refractivity contribution in [3.8, 4) is 28.7 Å². The first-order chi connectivity index (χ1) is 26.2. The highest BCUT2D eigenvalue weighted by molar-refractivity contribution is 8.02. The van der Waals surface area contributed by atoms with Crippen LogP contribution < -0.4 is 32.7 Å². The predicted molar refractivity (Wildman–Crippen MR) is 216 cm³/mol. The van der Waals surface area contributed by atoms with E-state index in [-0.39, 0.29) is 12.2 Å². The first kappa shape index (κ1) is 36.9. The third-order valence-electron chi connectivity index (χ3n) is 9.31. The van der Waals surface area contributed by atoms with Crippen LogP contribution in [0.4, 0.5) is 11.4 Å². The lowest BCUT2D eigenvalue weighted by molar-refractivity contribution is -0.133. The highest BCUT2D eigenvalue weighted by Crippen LogP contribution is 2.48. The number of carbonyl (C=O) groups is 1. The molecule has 54 heavy (non-hydrogen) atoms. The van der Waals surface area contributed by atoms with Gasteiger partial charge < -0.3 is 33.1 Å². The Morgan fingerprint density at radius 2 is 1.54 bits per heavy atom. The summed E-state index contributed by atoms with van der Waals surface area (Å²) in [6, 6.07) is 30.4. The molecular formula is C44H45N2O7S. The molecule has 2 heterocycles. The zero-order valence-electron chi connectivity index (χ0n) is 31.6. The normalized spacial score (nSPS) is 14.1. The molecule has 7 rings (SSSR count). The van der Waals surface area contributed by atoms with E-state index in [1.54, 1.807) is 33.5 Å². The van der Waals surface area contributed by atoms with Crippen LogP contribution in [0.1, 0.15) is 49.9 Å². The molecule has 1 radical (unpaired) electrons. The second-order valence-corrected chi connectivity index (χ2v) is 14.5. The topological polar surface area (TPSA) is 87.7 Å². The number of methoxy groups -OCH3 is 3. The summed E-state index contributed by atoms with van der Waals surface area (Å²) in [6.07, 6.45) is 1.39. The van der Waals surface area contributed by atoms with Gasteiger partial charge in [0.2, 0.25) is 11.9 Å². The van der Waals surface area contributed by atoms with Crippen LogP contribution >= 0.6 is 12.1 Å². The average molecular weight is 746 g/mol. The number of cyclic esters (lactones) is 1. The summed E-state index contributed by atoms with van der Waals surface area (Å²) in [5.74, 6) is 2.33. The largest absolute Gasteiger partial charge is 0.497 e. The van der Waals surface area contributed by atoms with E-state index in [2.05, 4.69) is 57.6 Å². The lowest BCUT2D eigenvalue weighted by Gasteiger charge is -2.21. The van der Waals surface area contributed by atoms with Gasteiger partial charge in [0.05, 0.1) is 68.2 Å². The molecule has 9 nitrogen and oxygen atoms in total. The quantitative estimate of drug-likeness (QED) is 0.0876. The average Bonchev–Trinajstić information content (AvgIpc) is 3.73. The van der Waals surface area contributed by atoms with Crippen molar-refractivity contribution >= 4 is 45.8 Å². The molecule has 2 aliphatic heterocycles. The minimum Gasteiger partial charge on any atom is -0.497 e. The molecule has 1 N–H and O–H groups in total. The Hall–Kier alpha value is -5.48. The van der Waals surface area contributed by atoms with Crippen molar-refractivity contribution in [1.29, 1.82) is 0 Å². The summed E-state index contributed by atoms with van der Waals surface area (Å²) in [5, 5.41) is 2.51. The lowest BCUT2D eigenvalue weighted by Crippen LogP contribution is -2.15. The van der Waals surface area contributed by atoms with Gasteiger partial charge in [-0.25, -0.2) is 4.79 Å². The summed E-state index contributed by atoms with van der Waals surface area (Å²) in [7, 11) is 4.80. The zero-order valence-corrected chi connectivity index (χ0v) is 32.5. The summed E-state index contributed by atoms with van der Waals surface area (Å²) in [5.41, 5.74) is 6.63. The fraction of sp³-hybridized carbons (Fsp3) is 0.273. The van der Waals surface area contributed by atoms with Crippen molar-refractivity contribution in [2.24, 2.45) is 0 Å². The summed E-state index contributed by atoms with van der Waals surface area (Å²) in [4.78, 5) is 14.1. The van der Waals surface area contributed by atoms with Crippen LogP contribution in [0.15, 0.2) is 96.6 Å². The Bertz CT molecular complexity index is 2210. The second kappa shape index (κ2) is 15.9. The molecule has 0 saturated heterocycles. The van der Waals surface area contributed by atoms with Crippen LogP contribution in [0.25, 0.3) is 16.3 Å². The maximum absolute atomic E-state index is 14.1. The Balaban J connectivity index is 1.28. The molecule has 2 aliphatic rings. The van der Waals surface area contributed by atoms with Gasteiger partial charge in [-0.1, -0.05) is 48.5 Å². The van der Waals surface area contributed by atoms with Crippen LogP contribution in [0.2, 0.25) is 0 Å². The SMILES string of the molecule is COc1ccc(OC)c([C]2OC(=O)C(c3ccc4c(c3)NSN4CCc3cccc4ccccc34)=C2Cc2cc(OC)c(OC(C)C)c(OC(C)C)c2)c1. The van der Waals surface area contributed by atoms with Crippen LogP contribution in [0.5, 0.6) is 28.7 Å². The standard InChI is InChI=1S/C44H45N2O7S/c1-26(2)51-40-23-28(22-39(50-7)43(40)52-27(3)4)21-35-41(44(47)53-42(35)34-25-32(48-5)16-18-38(34)49-6)31-15-17-37-36(24-31)45-54-46(37)20-19-30-13-10-12-29-11-8-9-14-33(29)30/h8-18,22-27,45H,19-21H2,1-7H3. The first-order valence-corrected chi connectivity index (χ1v) is 18.9. The fourth-order valence-corrected chi connectivity index (χ4v) is 7.75. The van der Waals surface area contributed by atoms with Crippen LogP contribution in [-0.2, 0) is 22.4 Å². The van der Waals surface area contributed by atoms with Gasteiger partial charge >= 0.3 is 5.97 Å². The molecule has 0 aliphatic carbocycles. The van der Waals surface area contributed by atoms with Gasteiger partial charge in [-0.15, -0.1) is 0 Å². The monoisotopic (exact) mass is 745 g/mol. The second-order valence-electron chi connectivity index (χ2n) is 13.7. The van der Waals surface area contributed by atoms with Crippen molar-refractivity contribution in [1.82, 2.24) is 0 Å². The van der Waals surface area contributed by atoms with Gasteiger partial charge in [-0.2, -0.15) is 0 Å². The molecule has 279 valence electrons. The van der Waals surface area contributed by atoms with E-state index >= 15 is 0 Å². The number of anilines is 2. The van der Waals surface area contributed by atoms with Gasteiger partial charge in [-0.3, -0.25) is 4.31 Å². The molecule has 0 spiro atoms. The van der Waals surface area contributed by atoms with Crippen molar-refractivity contribution in [3.05, 3.63) is 125 Å². The molecule has 0 bridgehead atoms. The number of hydrogen-bond donors (Lipinski definition) is 1. The van der Waals surface area contributed by atoms with Gasteiger partial charge in [0.25, 0.3) is 0 Å². The van der Waals surface area contributed by atoms with Crippen molar-refractivity contribution in [3.63, 3.8) is 0 Å². The number of carbonyl (C=O) groups excluding carboxylic acids is 1. The minimum atomic E-state index is -0.450. The van der Waals surface area contributed by atoms with E-state index in [0.29, 0.717) is 58.0 Å². The summed E-state index contributed by atoms with van der Waals surface area (Å²) >= 11 is 1.55. The maximum Gasteiger partial charge on any atom is 0.340 e. The van der Waals surface area contributed by atoms with Crippen molar-refractivity contribution < 1.29 is 33.2 Å². The minimum absolute atomic E-state index is 0.101. The predicted octanol–water partition coefficient (Wildman–Crippen LogP) is 9.61. The van der Waals surface area contributed by atoms with Crippen molar-refractivity contribution in [2.45, 2.75) is 52.7 Å². The fourth-order valence-electron chi connectivity index (χ4n) is 6.94. The van der Waals surface area contributed by atoms with E-state index in [4.69, 9.17) is 28.4 Å². The van der Waals surface area contributed by atoms with Gasteiger partial charge in [0.1, 0.15) is 11.5 Å². The number of nitrogens with one attached hydrogen (secondary N) is 1. The highest BCUT2D eigenvalue weighted by atomic mass is 32.2. The number of hydrogen-bond acceptors (Lipinski definition) is 10. The Kier molecular flexibility index (Phi) is 10.8. The molecule has 5 aromatic carbocycles. The van der Waals surface area contributed by atoms with Gasteiger partial charge in [0.15, 0.2) is 11.5 Å². The molecule has 0 atom stereocenters. The molecule has 0 fully saturated rings. The Morgan fingerprint density at radius 3 is 2.30 bits per heavy atom. The Labute approximate surface area is 321 Å². The molecule has 0 aromatic heterocycles. The van der Waals surface area contributed by atoms with E-state index in [1.165, 1.54) is 16.3 Å². The smallest absolute Gasteiger partial charge is 0.340 e. The number of rotatable bonds is 14. The van der Waals surface area contributed by atoms with E-state index in [0.717, 1.165) is 35.5 Å². The van der Waals surface area contributed by atoms with Crippen LogP contribution in [0.3, 0.4) is 0 Å². The molecular weight excluding hydrogens is 701 g/mol. The number of fused-ring (bicyclic) bond motifs is 2. The lowest BCUT2D eigenvalue weighted by atomic mass is 9.89. The maximum atomic E-state index is 14.1.